The molecule has 2 heterocycles. The number of aryl methyl sites for hydroxylation is 1. The minimum absolute atomic E-state index is 0.243. The van der Waals surface area contributed by atoms with Crippen LogP contribution in [0.15, 0.2) is 36.8 Å². The molecule has 0 amide bonds. The Kier molecular flexibility index (Phi) is 3.80. The standard InChI is InChI=1S/C15H18N4S/c1-3-17-13(8-11-9-16-10-19(11)2)15-18-12-6-4-5-7-14(12)20-15/h4-7,9-10,13,17H,3,8H2,1-2H3. The van der Waals surface area contributed by atoms with Gasteiger partial charge in [0.05, 0.1) is 22.6 Å². The molecule has 0 radical (unpaired) electrons. The molecular formula is C15H18N4S. The highest BCUT2D eigenvalue weighted by Crippen LogP contribution is 2.28. The minimum Gasteiger partial charge on any atom is -0.338 e. The first-order valence-corrected chi connectivity index (χ1v) is 7.63. The van der Waals surface area contributed by atoms with E-state index >= 15 is 0 Å². The molecule has 0 saturated heterocycles. The van der Waals surface area contributed by atoms with Crippen molar-refractivity contribution in [3.8, 4) is 0 Å². The van der Waals surface area contributed by atoms with Gasteiger partial charge in [-0.05, 0) is 18.7 Å². The number of hydrogen-bond donors (Lipinski definition) is 1. The monoisotopic (exact) mass is 286 g/mol. The number of aromatic nitrogens is 3. The lowest BCUT2D eigenvalue weighted by molar-refractivity contribution is 0.534. The summed E-state index contributed by atoms with van der Waals surface area (Å²) in [6, 6.07) is 8.54. The van der Waals surface area contributed by atoms with Gasteiger partial charge in [-0.1, -0.05) is 19.1 Å². The van der Waals surface area contributed by atoms with Gasteiger partial charge in [-0.25, -0.2) is 9.97 Å². The fourth-order valence-corrected chi connectivity index (χ4v) is 3.37. The lowest BCUT2D eigenvalue weighted by atomic mass is 10.1. The molecule has 0 spiro atoms. The number of nitrogens with zero attached hydrogens (tertiary/aromatic N) is 3. The molecule has 104 valence electrons. The second-order valence-corrected chi connectivity index (χ2v) is 5.89. The van der Waals surface area contributed by atoms with Crippen molar-refractivity contribution in [1.82, 2.24) is 19.9 Å². The van der Waals surface area contributed by atoms with Crippen molar-refractivity contribution in [2.45, 2.75) is 19.4 Å². The highest BCUT2D eigenvalue weighted by molar-refractivity contribution is 7.18. The summed E-state index contributed by atoms with van der Waals surface area (Å²) in [5.41, 5.74) is 2.30. The molecule has 0 fully saturated rings. The third kappa shape index (κ3) is 2.59. The molecule has 4 nitrogen and oxygen atoms in total. The molecule has 1 aromatic carbocycles. The van der Waals surface area contributed by atoms with E-state index in [0.29, 0.717) is 0 Å². The fourth-order valence-electron chi connectivity index (χ4n) is 2.32. The smallest absolute Gasteiger partial charge is 0.111 e. The minimum atomic E-state index is 0.243. The summed E-state index contributed by atoms with van der Waals surface area (Å²) in [4.78, 5) is 8.96. The Morgan fingerprint density at radius 2 is 2.20 bits per heavy atom. The first kappa shape index (κ1) is 13.3. The lowest BCUT2D eigenvalue weighted by Crippen LogP contribution is -2.23. The van der Waals surface area contributed by atoms with Gasteiger partial charge < -0.3 is 9.88 Å². The van der Waals surface area contributed by atoms with Crippen molar-refractivity contribution < 1.29 is 0 Å². The Labute approximate surface area is 122 Å². The lowest BCUT2D eigenvalue weighted by Gasteiger charge is -2.15. The molecule has 0 aliphatic carbocycles. The predicted molar refractivity (Wildman–Crippen MR) is 82.9 cm³/mol. The second kappa shape index (κ2) is 5.73. The van der Waals surface area contributed by atoms with Crippen molar-refractivity contribution in [3.05, 3.63) is 47.5 Å². The van der Waals surface area contributed by atoms with E-state index in [1.165, 1.54) is 10.4 Å². The summed E-state index contributed by atoms with van der Waals surface area (Å²) >= 11 is 1.77. The number of thiazole rings is 1. The zero-order valence-electron chi connectivity index (χ0n) is 11.7. The highest BCUT2D eigenvalue weighted by atomic mass is 32.1. The number of imidazole rings is 1. The van der Waals surface area contributed by atoms with E-state index in [1.54, 1.807) is 11.3 Å². The van der Waals surface area contributed by atoms with Crippen molar-refractivity contribution in [1.29, 1.82) is 0 Å². The van der Waals surface area contributed by atoms with Gasteiger partial charge in [0, 0.05) is 25.4 Å². The SMILES string of the molecule is CCNC(Cc1cncn1C)c1nc2ccccc2s1. The first-order valence-electron chi connectivity index (χ1n) is 6.82. The number of benzene rings is 1. The molecule has 1 atom stereocenters. The summed E-state index contributed by atoms with van der Waals surface area (Å²) in [5, 5.41) is 4.68. The van der Waals surface area contributed by atoms with E-state index < -0.39 is 0 Å². The van der Waals surface area contributed by atoms with Crippen LogP contribution in [-0.4, -0.2) is 21.1 Å². The van der Waals surface area contributed by atoms with Crippen LogP contribution in [0.2, 0.25) is 0 Å². The topological polar surface area (TPSA) is 42.7 Å². The van der Waals surface area contributed by atoms with Crippen LogP contribution in [0.25, 0.3) is 10.2 Å². The Balaban J connectivity index is 1.91. The van der Waals surface area contributed by atoms with Gasteiger partial charge in [0.15, 0.2) is 0 Å². The van der Waals surface area contributed by atoms with Crippen LogP contribution in [0.3, 0.4) is 0 Å². The van der Waals surface area contributed by atoms with Crippen molar-refractivity contribution >= 4 is 21.6 Å². The summed E-state index contributed by atoms with van der Waals surface area (Å²) in [6.45, 7) is 3.06. The average Bonchev–Trinajstić information content (AvgIpc) is 3.04. The van der Waals surface area contributed by atoms with Gasteiger partial charge in [-0.2, -0.15) is 0 Å². The molecule has 1 unspecified atom stereocenters. The van der Waals surface area contributed by atoms with Crippen LogP contribution in [0.5, 0.6) is 0 Å². The van der Waals surface area contributed by atoms with E-state index in [0.717, 1.165) is 23.5 Å². The molecule has 3 aromatic rings. The molecule has 3 rings (SSSR count). The van der Waals surface area contributed by atoms with Crippen molar-refractivity contribution in [2.75, 3.05) is 6.54 Å². The van der Waals surface area contributed by atoms with Gasteiger partial charge in [0.2, 0.25) is 0 Å². The molecule has 0 aliphatic rings. The number of para-hydroxylation sites is 1. The largest absolute Gasteiger partial charge is 0.338 e. The molecule has 5 heteroatoms. The molecule has 0 saturated carbocycles. The Bertz CT molecular complexity index is 668. The quantitative estimate of drug-likeness (QED) is 0.784. The number of hydrogen-bond acceptors (Lipinski definition) is 4. The normalized spacial score (nSPS) is 12.9. The van der Waals surface area contributed by atoms with E-state index in [4.69, 9.17) is 4.98 Å². The highest BCUT2D eigenvalue weighted by Gasteiger charge is 2.17. The maximum absolute atomic E-state index is 4.77. The summed E-state index contributed by atoms with van der Waals surface area (Å²) in [7, 11) is 2.03. The average molecular weight is 286 g/mol. The number of rotatable bonds is 5. The number of likely N-dealkylation sites (N-methyl/N-ethyl adjacent to an activating group) is 1. The third-order valence-electron chi connectivity index (χ3n) is 3.39. The van der Waals surface area contributed by atoms with E-state index in [-0.39, 0.29) is 6.04 Å². The molecule has 0 aliphatic heterocycles. The Morgan fingerprint density at radius 3 is 2.90 bits per heavy atom. The fraction of sp³-hybridized carbons (Fsp3) is 0.333. The van der Waals surface area contributed by atoms with E-state index in [2.05, 4.69) is 40.0 Å². The van der Waals surface area contributed by atoms with Gasteiger partial charge in [0.25, 0.3) is 0 Å². The molecule has 1 N–H and O–H groups in total. The van der Waals surface area contributed by atoms with Crippen LogP contribution in [-0.2, 0) is 13.5 Å². The first-order chi connectivity index (χ1) is 9.78. The third-order valence-corrected chi connectivity index (χ3v) is 4.54. The zero-order valence-corrected chi connectivity index (χ0v) is 12.5. The Hall–Kier alpha value is -1.72. The molecule has 20 heavy (non-hydrogen) atoms. The van der Waals surface area contributed by atoms with Gasteiger partial charge >= 0.3 is 0 Å². The van der Waals surface area contributed by atoms with Gasteiger partial charge in [0.1, 0.15) is 5.01 Å². The molecule has 2 aromatic heterocycles. The predicted octanol–water partition coefficient (Wildman–Crippen LogP) is 2.92. The van der Waals surface area contributed by atoms with Crippen LogP contribution in [0, 0.1) is 0 Å². The number of fused-ring (bicyclic) bond motifs is 1. The van der Waals surface area contributed by atoms with Crippen LogP contribution in [0.4, 0.5) is 0 Å². The summed E-state index contributed by atoms with van der Waals surface area (Å²) < 4.78 is 3.31. The molecule has 0 bridgehead atoms. The number of nitrogens with one attached hydrogen (secondary N) is 1. The maximum Gasteiger partial charge on any atom is 0.111 e. The zero-order chi connectivity index (χ0) is 13.9. The van der Waals surface area contributed by atoms with Crippen LogP contribution < -0.4 is 5.32 Å². The van der Waals surface area contributed by atoms with Crippen LogP contribution in [0.1, 0.15) is 23.7 Å². The van der Waals surface area contributed by atoms with Gasteiger partial charge in [-0.3, -0.25) is 0 Å². The van der Waals surface area contributed by atoms with Crippen molar-refractivity contribution in [3.63, 3.8) is 0 Å². The summed E-state index contributed by atoms with van der Waals surface area (Å²) in [5.74, 6) is 0. The maximum atomic E-state index is 4.77. The second-order valence-electron chi connectivity index (χ2n) is 4.83. The van der Waals surface area contributed by atoms with E-state index in [1.807, 2.05) is 25.6 Å². The summed E-state index contributed by atoms with van der Waals surface area (Å²) in [6.07, 6.45) is 4.68. The molecular weight excluding hydrogens is 268 g/mol. The van der Waals surface area contributed by atoms with Crippen LogP contribution >= 0.6 is 11.3 Å². The van der Waals surface area contributed by atoms with Gasteiger partial charge in [-0.15, -0.1) is 11.3 Å². The Morgan fingerprint density at radius 1 is 1.35 bits per heavy atom. The van der Waals surface area contributed by atoms with Crippen molar-refractivity contribution in [2.24, 2.45) is 7.05 Å². The van der Waals surface area contributed by atoms with E-state index in [9.17, 15) is 0 Å².